The lowest BCUT2D eigenvalue weighted by atomic mass is 10.2. The minimum absolute atomic E-state index is 0.200. The Hall–Kier alpha value is -1.76. The summed E-state index contributed by atoms with van der Waals surface area (Å²) in [5.74, 6) is -0.743. The second kappa shape index (κ2) is 7.87. The molecule has 6 nitrogen and oxygen atoms in total. The van der Waals surface area contributed by atoms with E-state index < -0.39 is 5.97 Å². The molecule has 7 heteroatoms. The predicted octanol–water partition coefficient (Wildman–Crippen LogP) is 2.10. The number of amides is 1. The molecule has 3 N–H and O–H groups in total. The highest BCUT2D eigenvalue weighted by Crippen LogP contribution is 2.38. The molecule has 0 aliphatic rings. The molecule has 0 fully saturated rings. The molecular weight excluding hydrogens is 290 g/mol. The SMILES string of the molecule is CCNC(=O)c1sc(N(CC)CC)c(C(=O)OCC)c1N. The van der Waals surface area contributed by atoms with E-state index in [4.69, 9.17) is 10.5 Å². The van der Waals surface area contributed by atoms with Crippen molar-refractivity contribution in [2.24, 2.45) is 0 Å². The van der Waals surface area contributed by atoms with Crippen LogP contribution in [0.4, 0.5) is 10.7 Å². The number of nitrogens with one attached hydrogen (secondary N) is 1. The second-order valence-corrected chi connectivity index (χ2v) is 5.28. The number of rotatable bonds is 7. The van der Waals surface area contributed by atoms with Gasteiger partial charge in [0.05, 0.1) is 12.3 Å². The van der Waals surface area contributed by atoms with Crippen LogP contribution < -0.4 is 16.0 Å². The molecule has 0 unspecified atom stereocenters. The smallest absolute Gasteiger partial charge is 0.343 e. The van der Waals surface area contributed by atoms with Gasteiger partial charge in [0.1, 0.15) is 15.4 Å². The summed E-state index contributed by atoms with van der Waals surface area (Å²) in [6.45, 7) is 9.75. The van der Waals surface area contributed by atoms with Crippen molar-refractivity contribution in [1.82, 2.24) is 5.32 Å². The molecular formula is C14H23N3O3S. The third-order valence-corrected chi connectivity index (χ3v) is 4.27. The molecule has 1 aromatic rings. The molecule has 0 saturated heterocycles. The zero-order chi connectivity index (χ0) is 16.0. The summed E-state index contributed by atoms with van der Waals surface area (Å²) >= 11 is 1.23. The van der Waals surface area contributed by atoms with E-state index in [1.54, 1.807) is 6.92 Å². The summed E-state index contributed by atoms with van der Waals surface area (Å²) in [6.07, 6.45) is 0. The first-order chi connectivity index (χ1) is 10.0. The summed E-state index contributed by atoms with van der Waals surface area (Å²) in [6, 6.07) is 0. The standard InChI is InChI=1S/C14H23N3O3S/c1-5-16-12(18)11-10(15)9(14(19)20-8-4)13(21-11)17(6-2)7-3/h5-8,15H2,1-4H3,(H,16,18). The largest absolute Gasteiger partial charge is 0.462 e. The lowest BCUT2D eigenvalue weighted by Gasteiger charge is -2.20. The second-order valence-electron chi connectivity index (χ2n) is 4.28. The first-order valence-corrected chi connectivity index (χ1v) is 7.95. The fraction of sp³-hybridized carbons (Fsp3) is 0.571. The maximum absolute atomic E-state index is 12.2. The molecule has 0 aliphatic heterocycles. The van der Waals surface area contributed by atoms with Crippen LogP contribution in [-0.2, 0) is 4.74 Å². The van der Waals surface area contributed by atoms with Gasteiger partial charge in [0.2, 0.25) is 0 Å². The van der Waals surface area contributed by atoms with E-state index in [1.165, 1.54) is 11.3 Å². The van der Waals surface area contributed by atoms with Crippen molar-refractivity contribution < 1.29 is 14.3 Å². The molecule has 0 saturated carbocycles. The number of hydrogen-bond acceptors (Lipinski definition) is 6. The molecule has 0 atom stereocenters. The molecule has 21 heavy (non-hydrogen) atoms. The third-order valence-electron chi connectivity index (χ3n) is 3.00. The minimum Gasteiger partial charge on any atom is -0.462 e. The van der Waals surface area contributed by atoms with Gasteiger partial charge in [0.15, 0.2) is 0 Å². The topological polar surface area (TPSA) is 84.7 Å². The summed E-state index contributed by atoms with van der Waals surface area (Å²) in [5.41, 5.74) is 6.53. The van der Waals surface area contributed by atoms with Gasteiger partial charge in [-0.3, -0.25) is 4.79 Å². The van der Waals surface area contributed by atoms with Crippen LogP contribution in [-0.4, -0.2) is 38.1 Å². The maximum Gasteiger partial charge on any atom is 0.343 e. The normalized spacial score (nSPS) is 10.3. The van der Waals surface area contributed by atoms with Crippen LogP contribution in [0.15, 0.2) is 0 Å². The molecule has 0 bridgehead atoms. The Bertz CT molecular complexity index is 510. The zero-order valence-electron chi connectivity index (χ0n) is 13.0. The van der Waals surface area contributed by atoms with Crippen LogP contribution >= 0.6 is 11.3 Å². The van der Waals surface area contributed by atoms with Crippen molar-refractivity contribution in [1.29, 1.82) is 0 Å². The number of hydrogen-bond donors (Lipinski definition) is 2. The van der Waals surface area contributed by atoms with Crippen LogP contribution in [0.25, 0.3) is 0 Å². The van der Waals surface area contributed by atoms with E-state index in [1.807, 2.05) is 25.7 Å². The molecule has 0 spiro atoms. The number of carbonyl (C=O) groups excluding carboxylic acids is 2. The van der Waals surface area contributed by atoms with E-state index in [0.717, 1.165) is 13.1 Å². The first-order valence-electron chi connectivity index (χ1n) is 7.14. The Morgan fingerprint density at radius 1 is 1.24 bits per heavy atom. The van der Waals surface area contributed by atoms with Gasteiger partial charge in [-0.1, -0.05) is 0 Å². The molecule has 0 aromatic carbocycles. The number of nitrogens with zero attached hydrogens (tertiary/aromatic N) is 1. The van der Waals surface area contributed by atoms with E-state index in [-0.39, 0.29) is 18.2 Å². The first kappa shape index (κ1) is 17.3. The van der Waals surface area contributed by atoms with Crippen molar-refractivity contribution >= 4 is 33.9 Å². The van der Waals surface area contributed by atoms with Crippen LogP contribution in [0.3, 0.4) is 0 Å². The fourth-order valence-corrected chi connectivity index (χ4v) is 3.23. The van der Waals surface area contributed by atoms with Crippen molar-refractivity contribution in [3.63, 3.8) is 0 Å². The van der Waals surface area contributed by atoms with Crippen LogP contribution in [0.1, 0.15) is 47.7 Å². The number of ether oxygens (including phenoxy) is 1. The van der Waals surface area contributed by atoms with Crippen molar-refractivity contribution in [2.75, 3.05) is 36.9 Å². The Labute approximate surface area is 129 Å². The van der Waals surface area contributed by atoms with Gasteiger partial charge in [-0.15, -0.1) is 11.3 Å². The number of nitrogens with two attached hydrogens (primary N) is 1. The number of nitrogen functional groups attached to an aromatic ring is 1. The number of thiophene rings is 1. The number of carbonyl (C=O) groups is 2. The molecule has 1 aromatic heterocycles. The summed E-state index contributed by atoms with van der Waals surface area (Å²) < 4.78 is 5.07. The van der Waals surface area contributed by atoms with Crippen LogP contribution in [0.2, 0.25) is 0 Å². The quantitative estimate of drug-likeness (QED) is 0.753. The highest BCUT2D eigenvalue weighted by atomic mass is 32.1. The minimum atomic E-state index is -0.483. The van der Waals surface area contributed by atoms with E-state index in [2.05, 4.69) is 5.32 Å². The van der Waals surface area contributed by atoms with E-state index in [9.17, 15) is 9.59 Å². The Morgan fingerprint density at radius 3 is 2.33 bits per heavy atom. The Morgan fingerprint density at radius 2 is 1.86 bits per heavy atom. The fourth-order valence-electron chi connectivity index (χ4n) is 1.97. The molecule has 0 aliphatic carbocycles. The summed E-state index contributed by atoms with van der Waals surface area (Å²) in [4.78, 5) is 26.6. The van der Waals surface area contributed by atoms with Crippen molar-refractivity contribution in [2.45, 2.75) is 27.7 Å². The molecule has 118 valence electrons. The molecule has 0 radical (unpaired) electrons. The van der Waals surface area contributed by atoms with Gasteiger partial charge < -0.3 is 20.7 Å². The monoisotopic (exact) mass is 313 g/mol. The van der Waals surface area contributed by atoms with E-state index in [0.29, 0.717) is 22.0 Å². The molecule has 1 amide bonds. The van der Waals surface area contributed by atoms with Crippen molar-refractivity contribution in [3.05, 3.63) is 10.4 Å². The van der Waals surface area contributed by atoms with Gasteiger partial charge in [-0.25, -0.2) is 4.79 Å². The lowest BCUT2D eigenvalue weighted by molar-refractivity contribution is 0.0529. The average molecular weight is 313 g/mol. The number of anilines is 2. The van der Waals surface area contributed by atoms with Gasteiger partial charge in [0, 0.05) is 19.6 Å². The van der Waals surface area contributed by atoms with Gasteiger partial charge in [-0.05, 0) is 27.7 Å². The third kappa shape index (κ3) is 3.66. The molecule has 1 heterocycles. The Balaban J connectivity index is 3.36. The van der Waals surface area contributed by atoms with Gasteiger partial charge in [0.25, 0.3) is 5.91 Å². The molecule has 1 rings (SSSR count). The Kier molecular flexibility index (Phi) is 6.48. The van der Waals surface area contributed by atoms with Crippen molar-refractivity contribution in [3.8, 4) is 0 Å². The average Bonchev–Trinajstić information content (AvgIpc) is 2.78. The van der Waals surface area contributed by atoms with Gasteiger partial charge in [-0.2, -0.15) is 0 Å². The highest BCUT2D eigenvalue weighted by molar-refractivity contribution is 7.19. The van der Waals surface area contributed by atoms with Crippen LogP contribution in [0.5, 0.6) is 0 Å². The highest BCUT2D eigenvalue weighted by Gasteiger charge is 2.28. The summed E-state index contributed by atoms with van der Waals surface area (Å²) in [5, 5.41) is 3.40. The van der Waals surface area contributed by atoms with E-state index >= 15 is 0 Å². The number of esters is 1. The lowest BCUT2D eigenvalue weighted by Crippen LogP contribution is -2.23. The predicted molar refractivity (Wildman–Crippen MR) is 86.3 cm³/mol. The zero-order valence-corrected chi connectivity index (χ0v) is 13.8. The van der Waals surface area contributed by atoms with Crippen LogP contribution in [0, 0.1) is 0 Å². The van der Waals surface area contributed by atoms with Gasteiger partial charge >= 0.3 is 5.97 Å². The maximum atomic E-state index is 12.2. The summed E-state index contributed by atoms with van der Waals surface area (Å²) in [7, 11) is 0.